The number of carbonyl (C=O) groups excluding carboxylic acids is 1. The minimum Gasteiger partial charge on any atom is -0.356 e. The van der Waals surface area contributed by atoms with E-state index in [-0.39, 0.29) is 18.3 Å². The molecule has 0 aromatic carbocycles. The van der Waals surface area contributed by atoms with Crippen molar-refractivity contribution in [2.24, 2.45) is 5.92 Å². The topological polar surface area (TPSA) is 41.1 Å². The summed E-state index contributed by atoms with van der Waals surface area (Å²) < 4.78 is 0. The van der Waals surface area contributed by atoms with E-state index in [1.165, 1.54) is 31.2 Å². The fraction of sp³-hybridized carbons (Fsp3) is 0.667. The summed E-state index contributed by atoms with van der Waals surface area (Å²) in [5, 5.41) is 10.9. The van der Waals surface area contributed by atoms with Gasteiger partial charge in [-0.2, -0.15) is 11.3 Å². The highest BCUT2D eigenvalue weighted by Crippen LogP contribution is 2.32. The Morgan fingerprint density at radius 1 is 1.35 bits per heavy atom. The molecule has 1 aromatic heterocycles. The highest BCUT2D eigenvalue weighted by molar-refractivity contribution is 7.07. The molecule has 3 nitrogen and oxygen atoms in total. The van der Waals surface area contributed by atoms with Crippen molar-refractivity contribution in [2.75, 3.05) is 6.54 Å². The molecule has 3 rings (SSSR count). The fourth-order valence-electron chi connectivity index (χ4n) is 3.46. The van der Waals surface area contributed by atoms with Crippen LogP contribution in [0.25, 0.3) is 0 Å². The monoisotopic (exact) mass is 314 g/mol. The van der Waals surface area contributed by atoms with Crippen LogP contribution in [0, 0.1) is 5.92 Å². The van der Waals surface area contributed by atoms with Gasteiger partial charge in [0.25, 0.3) is 0 Å². The van der Waals surface area contributed by atoms with E-state index < -0.39 is 0 Å². The molecule has 1 aromatic rings. The van der Waals surface area contributed by atoms with Gasteiger partial charge in [0.1, 0.15) is 0 Å². The summed E-state index contributed by atoms with van der Waals surface area (Å²) in [4.78, 5) is 11.9. The minimum absolute atomic E-state index is 0. The highest BCUT2D eigenvalue weighted by atomic mass is 35.5. The highest BCUT2D eigenvalue weighted by Gasteiger charge is 2.33. The molecule has 2 saturated heterocycles. The zero-order valence-corrected chi connectivity index (χ0v) is 13.3. The van der Waals surface area contributed by atoms with Crippen molar-refractivity contribution in [3.63, 3.8) is 0 Å². The van der Waals surface area contributed by atoms with Crippen LogP contribution < -0.4 is 10.6 Å². The van der Waals surface area contributed by atoms with E-state index in [2.05, 4.69) is 27.5 Å². The van der Waals surface area contributed by atoms with E-state index in [4.69, 9.17) is 0 Å². The second kappa shape index (κ2) is 7.43. The van der Waals surface area contributed by atoms with Crippen molar-refractivity contribution in [3.05, 3.63) is 22.4 Å². The first-order chi connectivity index (χ1) is 9.29. The Balaban J connectivity index is 0.00000147. The molecule has 0 radical (unpaired) electrons. The summed E-state index contributed by atoms with van der Waals surface area (Å²) in [5.74, 6) is 0.835. The molecule has 112 valence electrons. The summed E-state index contributed by atoms with van der Waals surface area (Å²) in [6.45, 7) is 0.771. The molecular formula is C15H23ClN2OS. The van der Waals surface area contributed by atoms with E-state index in [1.54, 1.807) is 11.3 Å². The molecule has 1 amide bonds. The van der Waals surface area contributed by atoms with Crippen LogP contribution in [0.2, 0.25) is 0 Å². The normalized spacial score (nSPS) is 27.9. The maximum Gasteiger partial charge on any atom is 0.220 e. The molecule has 2 fully saturated rings. The van der Waals surface area contributed by atoms with Gasteiger partial charge in [-0.1, -0.05) is 0 Å². The van der Waals surface area contributed by atoms with E-state index in [0.717, 1.165) is 19.4 Å². The Bertz CT molecular complexity index is 412. The Morgan fingerprint density at radius 3 is 2.75 bits per heavy atom. The Morgan fingerprint density at radius 2 is 2.10 bits per heavy atom. The Hall–Kier alpha value is -0.580. The van der Waals surface area contributed by atoms with Crippen LogP contribution in [-0.2, 0) is 11.2 Å². The van der Waals surface area contributed by atoms with E-state index >= 15 is 0 Å². The zero-order valence-electron chi connectivity index (χ0n) is 11.6. The summed E-state index contributed by atoms with van der Waals surface area (Å²) in [5.41, 5.74) is 1.32. The van der Waals surface area contributed by atoms with Crippen molar-refractivity contribution in [3.8, 4) is 0 Å². The number of piperidine rings is 1. The lowest BCUT2D eigenvalue weighted by atomic mass is 9.89. The van der Waals surface area contributed by atoms with Gasteiger partial charge in [-0.25, -0.2) is 0 Å². The number of hydrogen-bond acceptors (Lipinski definition) is 3. The third kappa shape index (κ3) is 4.21. The predicted molar refractivity (Wildman–Crippen MR) is 85.6 cm³/mol. The number of halogens is 1. The molecule has 0 aliphatic carbocycles. The van der Waals surface area contributed by atoms with Crippen LogP contribution >= 0.6 is 23.7 Å². The van der Waals surface area contributed by atoms with E-state index in [1.807, 2.05) is 0 Å². The maximum absolute atomic E-state index is 11.9. The summed E-state index contributed by atoms with van der Waals surface area (Å²) in [6.07, 6.45) is 6.66. The lowest BCUT2D eigenvalue weighted by Gasteiger charge is -2.28. The first-order valence-electron chi connectivity index (χ1n) is 7.33. The second-order valence-electron chi connectivity index (χ2n) is 5.91. The molecule has 20 heavy (non-hydrogen) atoms. The van der Waals surface area contributed by atoms with Gasteiger partial charge >= 0.3 is 0 Å². The average molecular weight is 315 g/mol. The zero-order chi connectivity index (χ0) is 13.1. The van der Waals surface area contributed by atoms with Gasteiger partial charge < -0.3 is 10.6 Å². The SMILES string of the molecule is Cl.O=C(CC1CC2CCC(C1)N2)NCCc1ccsc1. The van der Waals surface area contributed by atoms with Gasteiger partial charge in [-0.05, 0) is 60.4 Å². The number of amides is 1. The number of nitrogens with one attached hydrogen (secondary N) is 2. The van der Waals surface area contributed by atoms with Gasteiger partial charge in [0.15, 0.2) is 0 Å². The van der Waals surface area contributed by atoms with Gasteiger partial charge in [-0.15, -0.1) is 12.4 Å². The van der Waals surface area contributed by atoms with Gasteiger partial charge in [0, 0.05) is 25.0 Å². The van der Waals surface area contributed by atoms with E-state index in [0.29, 0.717) is 18.0 Å². The summed E-state index contributed by atoms with van der Waals surface area (Å²) in [7, 11) is 0. The number of carbonyl (C=O) groups is 1. The molecule has 0 spiro atoms. The third-order valence-electron chi connectivity index (χ3n) is 4.36. The molecule has 2 atom stereocenters. The lowest BCUT2D eigenvalue weighted by Crippen LogP contribution is -2.39. The van der Waals surface area contributed by atoms with Crippen LogP contribution in [0.1, 0.15) is 37.7 Å². The first-order valence-corrected chi connectivity index (χ1v) is 8.27. The van der Waals surface area contributed by atoms with E-state index in [9.17, 15) is 4.79 Å². The number of rotatable bonds is 5. The predicted octanol–water partition coefficient (Wildman–Crippen LogP) is 2.75. The second-order valence-corrected chi connectivity index (χ2v) is 6.69. The van der Waals surface area contributed by atoms with Gasteiger partial charge in [0.2, 0.25) is 5.91 Å². The van der Waals surface area contributed by atoms with Crippen molar-refractivity contribution >= 4 is 29.7 Å². The molecule has 2 bridgehead atoms. The maximum atomic E-state index is 11.9. The molecule has 2 unspecified atom stereocenters. The molecule has 0 saturated carbocycles. The van der Waals surface area contributed by atoms with Crippen LogP contribution in [0.3, 0.4) is 0 Å². The van der Waals surface area contributed by atoms with Crippen molar-refractivity contribution in [1.29, 1.82) is 0 Å². The van der Waals surface area contributed by atoms with Gasteiger partial charge in [-0.3, -0.25) is 4.79 Å². The van der Waals surface area contributed by atoms with Crippen molar-refractivity contribution < 1.29 is 4.79 Å². The molecule has 5 heteroatoms. The van der Waals surface area contributed by atoms with Crippen LogP contribution in [0.4, 0.5) is 0 Å². The van der Waals surface area contributed by atoms with Crippen LogP contribution in [-0.4, -0.2) is 24.5 Å². The first kappa shape index (κ1) is 15.8. The number of fused-ring (bicyclic) bond motifs is 2. The molecule has 2 aliphatic rings. The van der Waals surface area contributed by atoms with Crippen molar-refractivity contribution in [1.82, 2.24) is 10.6 Å². The molecule has 2 aliphatic heterocycles. The Labute approximate surface area is 130 Å². The standard InChI is InChI=1S/C15H22N2OS.ClH/c18-15(16-5-3-11-4-6-19-10-11)9-12-7-13-1-2-14(8-12)17-13;/h4,6,10,12-14,17H,1-3,5,7-9H2,(H,16,18);1H. The molecular weight excluding hydrogens is 292 g/mol. The average Bonchev–Trinajstić information content (AvgIpc) is 2.99. The largest absolute Gasteiger partial charge is 0.356 e. The summed E-state index contributed by atoms with van der Waals surface area (Å²) in [6, 6.07) is 3.49. The quantitative estimate of drug-likeness (QED) is 0.877. The lowest BCUT2D eigenvalue weighted by molar-refractivity contribution is -0.122. The van der Waals surface area contributed by atoms with Crippen LogP contribution in [0.15, 0.2) is 16.8 Å². The third-order valence-corrected chi connectivity index (χ3v) is 5.09. The number of hydrogen-bond donors (Lipinski definition) is 2. The number of thiophene rings is 1. The van der Waals surface area contributed by atoms with Gasteiger partial charge in [0.05, 0.1) is 0 Å². The molecule has 2 N–H and O–H groups in total. The molecule has 3 heterocycles. The van der Waals surface area contributed by atoms with Crippen molar-refractivity contribution in [2.45, 2.75) is 50.6 Å². The minimum atomic E-state index is 0. The summed E-state index contributed by atoms with van der Waals surface area (Å²) >= 11 is 1.71. The van der Waals surface area contributed by atoms with Crippen LogP contribution in [0.5, 0.6) is 0 Å². The smallest absolute Gasteiger partial charge is 0.220 e. The fourth-order valence-corrected chi connectivity index (χ4v) is 4.16. The Kier molecular flexibility index (Phi) is 5.87.